The Morgan fingerprint density at radius 3 is 2.60 bits per heavy atom. The summed E-state index contributed by atoms with van der Waals surface area (Å²) >= 11 is 4.17. The Balaban J connectivity index is 1.81. The third kappa shape index (κ3) is 3.27. The van der Waals surface area contributed by atoms with Crippen LogP contribution in [-0.2, 0) is 0 Å². The van der Waals surface area contributed by atoms with E-state index in [9.17, 15) is 4.79 Å². The van der Waals surface area contributed by atoms with E-state index in [4.69, 9.17) is 0 Å². The minimum Gasteiger partial charge on any atom is -0.352 e. The van der Waals surface area contributed by atoms with Gasteiger partial charge in [-0.05, 0) is 36.6 Å². The summed E-state index contributed by atoms with van der Waals surface area (Å²) in [6, 6.07) is 7.27. The smallest absolute Gasteiger partial charge is 0.251 e. The van der Waals surface area contributed by atoms with Crippen molar-refractivity contribution in [2.45, 2.75) is 24.2 Å². The number of carbonyl (C=O) groups is 1. The summed E-state index contributed by atoms with van der Waals surface area (Å²) in [6.07, 6.45) is 3.80. The van der Waals surface area contributed by atoms with E-state index in [-0.39, 0.29) is 5.91 Å². The average Bonchev–Trinajstić information content (AvgIpc) is 3.02. The first-order chi connectivity index (χ1) is 7.25. The lowest BCUT2D eigenvalue weighted by molar-refractivity contribution is 0.0952. The molecule has 1 aliphatic rings. The molecule has 3 heteroatoms. The Kier molecular flexibility index (Phi) is 3.31. The SMILES string of the molecule is O=C(NCCC1CC1)c1ccc(S)cc1. The van der Waals surface area contributed by atoms with Gasteiger partial charge in [0.15, 0.2) is 0 Å². The first kappa shape index (κ1) is 10.6. The molecule has 1 aromatic rings. The van der Waals surface area contributed by atoms with Gasteiger partial charge in [-0.3, -0.25) is 4.79 Å². The van der Waals surface area contributed by atoms with Crippen LogP contribution in [0.5, 0.6) is 0 Å². The van der Waals surface area contributed by atoms with E-state index in [0.29, 0.717) is 5.56 Å². The predicted molar refractivity (Wildman–Crippen MR) is 63.4 cm³/mol. The molecule has 1 amide bonds. The second-order valence-electron chi connectivity index (χ2n) is 4.03. The highest BCUT2D eigenvalue weighted by Gasteiger charge is 2.20. The third-order valence-electron chi connectivity index (χ3n) is 2.66. The van der Waals surface area contributed by atoms with Crippen LogP contribution in [0, 0.1) is 5.92 Å². The van der Waals surface area contributed by atoms with Crippen molar-refractivity contribution in [1.29, 1.82) is 0 Å². The number of hydrogen-bond donors (Lipinski definition) is 2. The van der Waals surface area contributed by atoms with Crippen molar-refractivity contribution in [2.75, 3.05) is 6.54 Å². The maximum Gasteiger partial charge on any atom is 0.251 e. The van der Waals surface area contributed by atoms with E-state index >= 15 is 0 Å². The summed E-state index contributed by atoms with van der Waals surface area (Å²) in [5.41, 5.74) is 0.712. The van der Waals surface area contributed by atoms with Crippen LogP contribution in [0.25, 0.3) is 0 Å². The topological polar surface area (TPSA) is 29.1 Å². The fraction of sp³-hybridized carbons (Fsp3) is 0.417. The minimum absolute atomic E-state index is 0.0176. The number of rotatable bonds is 4. The fourth-order valence-corrected chi connectivity index (χ4v) is 1.66. The number of hydrogen-bond acceptors (Lipinski definition) is 2. The predicted octanol–water partition coefficient (Wildman–Crippen LogP) is 2.51. The summed E-state index contributed by atoms with van der Waals surface area (Å²) in [5.74, 6) is 0.883. The van der Waals surface area contributed by atoms with Gasteiger partial charge < -0.3 is 5.32 Å². The Labute approximate surface area is 95.5 Å². The van der Waals surface area contributed by atoms with Crippen molar-refractivity contribution in [3.05, 3.63) is 29.8 Å². The zero-order chi connectivity index (χ0) is 10.7. The van der Waals surface area contributed by atoms with Crippen molar-refractivity contribution >= 4 is 18.5 Å². The van der Waals surface area contributed by atoms with E-state index in [2.05, 4.69) is 17.9 Å². The summed E-state index contributed by atoms with van der Waals surface area (Å²) in [4.78, 5) is 12.5. The lowest BCUT2D eigenvalue weighted by atomic mass is 10.2. The van der Waals surface area contributed by atoms with E-state index in [1.54, 1.807) is 12.1 Å². The molecular formula is C12H15NOS. The number of carbonyl (C=O) groups excluding carboxylic acids is 1. The molecule has 15 heavy (non-hydrogen) atoms. The Hall–Kier alpha value is -0.960. The molecule has 2 rings (SSSR count). The fourth-order valence-electron chi connectivity index (χ4n) is 1.51. The van der Waals surface area contributed by atoms with Crippen molar-refractivity contribution in [3.63, 3.8) is 0 Å². The molecule has 0 spiro atoms. The summed E-state index contributed by atoms with van der Waals surface area (Å²) in [5, 5.41) is 2.93. The van der Waals surface area contributed by atoms with Crippen LogP contribution in [0.3, 0.4) is 0 Å². The standard InChI is InChI=1S/C12H15NOS/c14-12(13-8-7-9-1-2-9)10-3-5-11(15)6-4-10/h3-6,9,15H,1-2,7-8H2,(H,13,14). The van der Waals surface area contributed by atoms with Gasteiger partial charge in [-0.2, -0.15) is 0 Å². The van der Waals surface area contributed by atoms with Crippen LogP contribution >= 0.6 is 12.6 Å². The first-order valence-corrected chi connectivity index (χ1v) is 5.77. The Morgan fingerprint density at radius 2 is 2.00 bits per heavy atom. The maximum atomic E-state index is 11.6. The molecule has 1 aliphatic carbocycles. The second-order valence-corrected chi connectivity index (χ2v) is 4.55. The normalized spacial score (nSPS) is 15.0. The van der Waals surface area contributed by atoms with Crippen LogP contribution in [0.15, 0.2) is 29.2 Å². The van der Waals surface area contributed by atoms with Gasteiger partial charge in [0.25, 0.3) is 5.91 Å². The molecule has 0 heterocycles. The quantitative estimate of drug-likeness (QED) is 0.752. The van der Waals surface area contributed by atoms with Gasteiger partial charge in [-0.1, -0.05) is 12.8 Å². The highest BCUT2D eigenvalue weighted by molar-refractivity contribution is 7.80. The monoisotopic (exact) mass is 221 g/mol. The first-order valence-electron chi connectivity index (χ1n) is 5.33. The van der Waals surface area contributed by atoms with Crippen molar-refractivity contribution in [3.8, 4) is 0 Å². The Bertz CT molecular complexity index is 343. The van der Waals surface area contributed by atoms with Crippen molar-refractivity contribution < 1.29 is 4.79 Å². The van der Waals surface area contributed by atoms with Gasteiger partial charge >= 0.3 is 0 Å². The number of thiol groups is 1. The van der Waals surface area contributed by atoms with E-state index in [0.717, 1.165) is 23.8 Å². The van der Waals surface area contributed by atoms with Gasteiger partial charge in [0.1, 0.15) is 0 Å². The van der Waals surface area contributed by atoms with Crippen LogP contribution in [0.4, 0.5) is 0 Å². The Morgan fingerprint density at radius 1 is 1.33 bits per heavy atom. The summed E-state index contributed by atoms with van der Waals surface area (Å²) in [7, 11) is 0. The molecule has 0 saturated heterocycles. The second kappa shape index (κ2) is 4.71. The molecule has 1 saturated carbocycles. The van der Waals surface area contributed by atoms with Crippen LogP contribution in [0.1, 0.15) is 29.6 Å². The molecule has 0 bridgehead atoms. The summed E-state index contributed by atoms with van der Waals surface area (Å²) in [6.45, 7) is 0.798. The van der Waals surface area contributed by atoms with E-state index in [1.807, 2.05) is 12.1 Å². The molecule has 0 aromatic heterocycles. The van der Waals surface area contributed by atoms with Gasteiger partial charge in [-0.15, -0.1) is 12.6 Å². The van der Waals surface area contributed by atoms with Crippen molar-refractivity contribution in [1.82, 2.24) is 5.32 Å². The molecule has 0 atom stereocenters. The summed E-state index contributed by atoms with van der Waals surface area (Å²) < 4.78 is 0. The van der Waals surface area contributed by atoms with Crippen molar-refractivity contribution in [2.24, 2.45) is 5.92 Å². The van der Waals surface area contributed by atoms with Crippen LogP contribution < -0.4 is 5.32 Å². The third-order valence-corrected chi connectivity index (χ3v) is 2.96. The van der Waals surface area contributed by atoms with Crippen LogP contribution in [-0.4, -0.2) is 12.5 Å². The van der Waals surface area contributed by atoms with Gasteiger partial charge in [0, 0.05) is 17.0 Å². The number of benzene rings is 1. The maximum absolute atomic E-state index is 11.6. The van der Waals surface area contributed by atoms with E-state index < -0.39 is 0 Å². The molecule has 2 nitrogen and oxygen atoms in total. The molecule has 80 valence electrons. The largest absolute Gasteiger partial charge is 0.352 e. The average molecular weight is 221 g/mol. The number of amides is 1. The highest BCUT2D eigenvalue weighted by Crippen LogP contribution is 2.31. The minimum atomic E-state index is 0.0176. The number of nitrogens with one attached hydrogen (secondary N) is 1. The van der Waals surface area contributed by atoms with E-state index in [1.165, 1.54) is 12.8 Å². The molecule has 0 radical (unpaired) electrons. The zero-order valence-corrected chi connectivity index (χ0v) is 9.47. The molecular weight excluding hydrogens is 206 g/mol. The van der Waals surface area contributed by atoms with Crippen LogP contribution in [0.2, 0.25) is 0 Å². The molecule has 1 fully saturated rings. The molecule has 1 aromatic carbocycles. The zero-order valence-electron chi connectivity index (χ0n) is 8.57. The molecule has 0 aliphatic heterocycles. The highest BCUT2D eigenvalue weighted by atomic mass is 32.1. The van der Waals surface area contributed by atoms with Gasteiger partial charge in [0.2, 0.25) is 0 Å². The lowest BCUT2D eigenvalue weighted by Crippen LogP contribution is -2.24. The molecule has 1 N–H and O–H groups in total. The lowest BCUT2D eigenvalue weighted by Gasteiger charge is -2.04. The molecule has 0 unspecified atom stereocenters. The van der Waals surface area contributed by atoms with Gasteiger partial charge in [-0.25, -0.2) is 0 Å². The van der Waals surface area contributed by atoms with Gasteiger partial charge in [0.05, 0.1) is 0 Å².